The van der Waals surface area contributed by atoms with Crippen molar-refractivity contribution in [3.8, 4) is 56.4 Å². The average molecular weight is 692 g/mol. The molecule has 0 radical (unpaired) electrons. The Morgan fingerprint density at radius 2 is 1.04 bits per heavy atom. The summed E-state index contributed by atoms with van der Waals surface area (Å²) < 4.78 is 6.54. The second kappa shape index (κ2) is 11.5. The van der Waals surface area contributed by atoms with Gasteiger partial charge in [-0.25, -0.2) is 15.0 Å². The van der Waals surface area contributed by atoms with Crippen LogP contribution in [0, 0.1) is 0 Å². The third-order valence-corrected chi connectivity index (χ3v) is 11.3. The van der Waals surface area contributed by atoms with E-state index in [9.17, 15) is 0 Å². The second-order valence-electron chi connectivity index (χ2n) is 14.8. The summed E-state index contributed by atoms with van der Waals surface area (Å²) in [5.74, 6) is 1.88. The van der Waals surface area contributed by atoms with Crippen LogP contribution in [-0.2, 0) is 5.41 Å². The van der Waals surface area contributed by atoms with Crippen molar-refractivity contribution in [3.63, 3.8) is 0 Å². The molecule has 254 valence electrons. The highest BCUT2D eigenvalue weighted by molar-refractivity contribution is 6.13. The minimum atomic E-state index is -0.146. The molecule has 4 nitrogen and oxygen atoms in total. The van der Waals surface area contributed by atoms with Crippen LogP contribution in [0.25, 0.3) is 99.9 Å². The van der Waals surface area contributed by atoms with Crippen molar-refractivity contribution < 1.29 is 4.42 Å². The quantitative estimate of drug-likeness (QED) is 0.172. The molecule has 0 bridgehead atoms. The van der Waals surface area contributed by atoms with E-state index < -0.39 is 0 Å². The summed E-state index contributed by atoms with van der Waals surface area (Å²) in [4.78, 5) is 15.7. The Hall–Kier alpha value is -6.91. The number of furan rings is 1. The molecule has 0 spiro atoms. The van der Waals surface area contributed by atoms with Gasteiger partial charge in [0.25, 0.3) is 0 Å². The monoisotopic (exact) mass is 691 g/mol. The SMILES string of the molecule is CC1(C)c2ccccc2-c2c(-c3nc(-c4ccc5c(ccc6ccccc65)c4)nc(-c4ccc5c(c4)oc4cccc(-c6ccccc6)c45)n3)cccc21. The van der Waals surface area contributed by atoms with Crippen LogP contribution in [0.4, 0.5) is 0 Å². The third-order valence-electron chi connectivity index (χ3n) is 11.3. The number of benzene rings is 8. The molecule has 4 heteroatoms. The highest BCUT2D eigenvalue weighted by Crippen LogP contribution is 2.51. The molecule has 10 aromatic rings. The van der Waals surface area contributed by atoms with Crippen LogP contribution >= 0.6 is 0 Å². The van der Waals surface area contributed by atoms with Gasteiger partial charge in [0, 0.05) is 32.9 Å². The molecule has 0 aliphatic heterocycles. The van der Waals surface area contributed by atoms with Crippen molar-refractivity contribution in [3.05, 3.63) is 175 Å². The Bertz CT molecular complexity index is 3140. The van der Waals surface area contributed by atoms with E-state index in [1.807, 2.05) is 12.1 Å². The lowest BCUT2D eigenvalue weighted by molar-refractivity contribution is 0.660. The molecule has 0 fully saturated rings. The minimum Gasteiger partial charge on any atom is -0.456 e. The normalized spacial score (nSPS) is 13.1. The molecule has 8 aromatic carbocycles. The molecule has 0 saturated carbocycles. The lowest BCUT2D eigenvalue weighted by atomic mass is 9.82. The van der Waals surface area contributed by atoms with Gasteiger partial charge in [-0.15, -0.1) is 0 Å². The fourth-order valence-electron chi connectivity index (χ4n) is 8.67. The smallest absolute Gasteiger partial charge is 0.164 e. The second-order valence-corrected chi connectivity index (χ2v) is 14.8. The van der Waals surface area contributed by atoms with Crippen LogP contribution in [0.3, 0.4) is 0 Å². The highest BCUT2D eigenvalue weighted by atomic mass is 16.3. The van der Waals surface area contributed by atoms with Crippen LogP contribution in [-0.4, -0.2) is 15.0 Å². The van der Waals surface area contributed by atoms with Crippen LogP contribution in [0.2, 0.25) is 0 Å². The molecule has 0 unspecified atom stereocenters. The van der Waals surface area contributed by atoms with Gasteiger partial charge >= 0.3 is 0 Å². The number of nitrogens with zero attached hydrogens (tertiary/aromatic N) is 3. The van der Waals surface area contributed by atoms with Crippen molar-refractivity contribution >= 4 is 43.5 Å². The van der Waals surface area contributed by atoms with E-state index in [2.05, 4.69) is 166 Å². The van der Waals surface area contributed by atoms with Crippen molar-refractivity contribution in [2.45, 2.75) is 19.3 Å². The van der Waals surface area contributed by atoms with Crippen molar-refractivity contribution in [2.75, 3.05) is 0 Å². The van der Waals surface area contributed by atoms with Gasteiger partial charge in [-0.2, -0.15) is 0 Å². The number of hydrogen-bond donors (Lipinski definition) is 0. The van der Waals surface area contributed by atoms with E-state index in [0.29, 0.717) is 17.5 Å². The van der Waals surface area contributed by atoms with E-state index in [4.69, 9.17) is 19.4 Å². The number of hydrogen-bond acceptors (Lipinski definition) is 4. The van der Waals surface area contributed by atoms with Crippen molar-refractivity contribution in [1.29, 1.82) is 0 Å². The number of rotatable bonds is 4. The maximum Gasteiger partial charge on any atom is 0.164 e. The van der Waals surface area contributed by atoms with Crippen molar-refractivity contribution in [1.82, 2.24) is 15.0 Å². The van der Waals surface area contributed by atoms with E-state index >= 15 is 0 Å². The lowest BCUT2D eigenvalue weighted by Crippen LogP contribution is -2.14. The minimum absolute atomic E-state index is 0.146. The zero-order valence-corrected chi connectivity index (χ0v) is 29.8. The van der Waals surface area contributed by atoms with Crippen LogP contribution < -0.4 is 0 Å². The first kappa shape index (κ1) is 30.7. The Kier molecular flexibility index (Phi) is 6.56. The molecule has 11 rings (SSSR count). The Morgan fingerprint density at radius 1 is 0.407 bits per heavy atom. The molecule has 0 atom stereocenters. The first-order valence-electron chi connectivity index (χ1n) is 18.4. The molecule has 54 heavy (non-hydrogen) atoms. The molecule has 1 aliphatic carbocycles. The maximum atomic E-state index is 6.54. The lowest BCUT2D eigenvalue weighted by Gasteiger charge is -2.21. The Balaban J connectivity index is 1.13. The fraction of sp³-hybridized carbons (Fsp3) is 0.0600. The molecule has 1 aliphatic rings. The topological polar surface area (TPSA) is 51.8 Å². The molecule has 0 saturated heterocycles. The van der Waals surface area contributed by atoms with Gasteiger partial charge in [-0.3, -0.25) is 0 Å². The van der Waals surface area contributed by atoms with Crippen LogP contribution in [0.5, 0.6) is 0 Å². The molecular formula is C50H33N3O. The summed E-state index contributed by atoms with van der Waals surface area (Å²) in [7, 11) is 0. The molecular weight excluding hydrogens is 659 g/mol. The molecule has 2 aromatic heterocycles. The largest absolute Gasteiger partial charge is 0.456 e. The average Bonchev–Trinajstić information content (AvgIpc) is 3.72. The summed E-state index contributed by atoms with van der Waals surface area (Å²) in [5.41, 5.74) is 11.6. The summed E-state index contributed by atoms with van der Waals surface area (Å²) in [6, 6.07) is 57.8. The van der Waals surface area contributed by atoms with Gasteiger partial charge in [0.1, 0.15) is 11.2 Å². The zero-order chi connectivity index (χ0) is 36.0. The summed E-state index contributed by atoms with van der Waals surface area (Å²) >= 11 is 0. The number of fused-ring (bicyclic) bond motifs is 9. The summed E-state index contributed by atoms with van der Waals surface area (Å²) in [5, 5.41) is 6.96. The highest BCUT2D eigenvalue weighted by Gasteiger charge is 2.37. The van der Waals surface area contributed by atoms with E-state index in [-0.39, 0.29) is 5.41 Å². The Morgan fingerprint density at radius 3 is 1.91 bits per heavy atom. The first-order valence-corrected chi connectivity index (χ1v) is 18.4. The molecule has 2 heterocycles. The predicted molar refractivity (Wildman–Crippen MR) is 221 cm³/mol. The Labute approximate surface area is 312 Å². The van der Waals surface area contributed by atoms with Crippen molar-refractivity contribution in [2.24, 2.45) is 0 Å². The van der Waals surface area contributed by atoms with Gasteiger partial charge in [-0.1, -0.05) is 153 Å². The van der Waals surface area contributed by atoms with Gasteiger partial charge in [0.15, 0.2) is 17.5 Å². The number of aromatic nitrogens is 3. The van der Waals surface area contributed by atoms with Gasteiger partial charge < -0.3 is 4.42 Å². The fourth-order valence-corrected chi connectivity index (χ4v) is 8.67. The van der Waals surface area contributed by atoms with E-state index in [1.54, 1.807) is 0 Å². The standard InChI is InChI=1S/C50H33N3O/c1-50(2)41-19-9-8-16-38(41)45-40(18-10-20-42(45)50)49-52-47(33-24-26-36-32(28-33)23-22-31-14-6-7-15-35(31)36)51-48(53-49)34-25-27-39-44(29-34)54-43-21-11-17-37(46(39)43)30-12-4-3-5-13-30/h3-29H,1-2H3. The van der Waals surface area contributed by atoms with Crippen LogP contribution in [0.1, 0.15) is 25.0 Å². The first-order chi connectivity index (χ1) is 26.5. The summed E-state index contributed by atoms with van der Waals surface area (Å²) in [6.45, 7) is 4.60. The van der Waals surface area contributed by atoms with Gasteiger partial charge in [-0.05, 0) is 79.2 Å². The molecule has 0 N–H and O–H groups in total. The molecule has 0 amide bonds. The van der Waals surface area contributed by atoms with Gasteiger partial charge in [0.05, 0.1) is 0 Å². The van der Waals surface area contributed by atoms with Crippen LogP contribution in [0.15, 0.2) is 168 Å². The summed E-state index contributed by atoms with van der Waals surface area (Å²) in [6.07, 6.45) is 0. The third kappa shape index (κ3) is 4.60. The van der Waals surface area contributed by atoms with Gasteiger partial charge in [0.2, 0.25) is 0 Å². The predicted octanol–water partition coefficient (Wildman–Crippen LogP) is 13.1. The van der Waals surface area contributed by atoms with E-state index in [0.717, 1.165) is 55.1 Å². The van der Waals surface area contributed by atoms with E-state index in [1.165, 1.54) is 38.4 Å². The maximum absolute atomic E-state index is 6.54. The zero-order valence-electron chi connectivity index (χ0n) is 29.8.